The van der Waals surface area contributed by atoms with E-state index in [9.17, 15) is 9.36 Å². The lowest BCUT2D eigenvalue weighted by Gasteiger charge is -2.18. The Morgan fingerprint density at radius 1 is 1.17 bits per heavy atom. The Morgan fingerprint density at radius 2 is 1.70 bits per heavy atom. The van der Waals surface area contributed by atoms with Crippen molar-refractivity contribution in [3.63, 3.8) is 0 Å². The normalized spacial score (nSPS) is 12.7. The summed E-state index contributed by atoms with van der Waals surface area (Å²) in [5, 5.41) is 0. The summed E-state index contributed by atoms with van der Waals surface area (Å²) < 4.78 is 34.2. The van der Waals surface area contributed by atoms with Gasteiger partial charge in [0.25, 0.3) is 5.52 Å². The van der Waals surface area contributed by atoms with Crippen LogP contribution in [-0.2, 0) is 30.4 Å². The molecule has 1 aromatic rings. The molecule has 0 spiro atoms. The minimum Gasteiger partial charge on any atom is -0.465 e. The van der Waals surface area contributed by atoms with E-state index in [0.717, 1.165) is 0 Å². The smallest absolute Gasteiger partial charge is 0.401 e. The molecule has 0 atom stereocenters. The van der Waals surface area contributed by atoms with E-state index < -0.39 is 13.1 Å². The van der Waals surface area contributed by atoms with Crippen molar-refractivity contribution in [1.29, 1.82) is 0 Å². The van der Waals surface area contributed by atoms with Gasteiger partial charge in [-0.25, -0.2) is 0 Å². The number of furan rings is 1. The van der Waals surface area contributed by atoms with E-state index in [1.54, 1.807) is 20.8 Å². The largest absolute Gasteiger partial charge is 0.465 e. The summed E-state index contributed by atoms with van der Waals surface area (Å²) >= 11 is 0. The first-order valence-corrected chi connectivity index (χ1v) is 9.22. The van der Waals surface area contributed by atoms with Crippen molar-refractivity contribution < 1.29 is 27.6 Å². The molecule has 0 unspecified atom stereocenters. The molecule has 0 amide bonds. The lowest BCUT2D eigenvalue weighted by Crippen LogP contribution is -2.15. The Labute approximate surface area is 138 Å². The first kappa shape index (κ1) is 20.1. The molecule has 6 nitrogen and oxygen atoms in total. The maximum atomic E-state index is 12.9. The molecule has 23 heavy (non-hydrogen) atoms. The van der Waals surface area contributed by atoms with Crippen LogP contribution in [-0.4, -0.2) is 25.8 Å². The van der Waals surface area contributed by atoms with Crippen LogP contribution in [0.5, 0.6) is 0 Å². The van der Waals surface area contributed by atoms with E-state index in [2.05, 4.69) is 0 Å². The third-order valence-corrected chi connectivity index (χ3v) is 5.13. The highest BCUT2D eigenvalue weighted by Crippen LogP contribution is 2.53. The highest BCUT2D eigenvalue weighted by molar-refractivity contribution is 7.72. The van der Waals surface area contributed by atoms with Gasteiger partial charge in [-0.2, -0.15) is 0 Å². The van der Waals surface area contributed by atoms with Gasteiger partial charge in [0, 0.05) is 18.1 Å². The molecule has 132 valence electrons. The number of hydrogen-bond donors (Lipinski definition) is 0. The molecule has 0 bridgehead atoms. The van der Waals surface area contributed by atoms with Crippen LogP contribution < -0.4 is 0 Å². The van der Waals surface area contributed by atoms with Crippen molar-refractivity contribution >= 4 is 13.1 Å². The molecule has 0 aromatic carbocycles. The number of methoxy groups -OCH3 is 1. The lowest BCUT2D eigenvalue weighted by atomic mass is 9.89. The highest BCUT2D eigenvalue weighted by Gasteiger charge is 2.41. The van der Waals surface area contributed by atoms with Gasteiger partial charge in [0.05, 0.1) is 25.4 Å². The molecule has 0 radical (unpaired) electrons. The summed E-state index contributed by atoms with van der Waals surface area (Å²) in [6.45, 7) is 11.3. The molecular weight excluding hydrogens is 319 g/mol. The molecule has 7 heteroatoms. The van der Waals surface area contributed by atoms with Crippen LogP contribution in [0, 0.1) is 6.92 Å². The molecule has 0 saturated carbocycles. The van der Waals surface area contributed by atoms with Crippen LogP contribution in [0.3, 0.4) is 0 Å². The summed E-state index contributed by atoms with van der Waals surface area (Å²) in [5.74, 6) is 1.03. The van der Waals surface area contributed by atoms with Gasteiger partial charge in [-0.3, -0.25) is 9.36 Å². The monoisotopic (exact) mass is 346 g/mol. The van der Waals surface area contributed by atoms with Gasteiger partial charge in [0.2, 0.25) is 0 Å². The van der Waals surface area contributed by atoms with Crippen molar-refractivity contribution in [3.05, 3.63) is 22.6 Å². The standard InChI is InChI=1S/C16H27O6P/c1-8-20-23(18,21-9-2)15(17)13-11(3)22-14(16(4,5)6)12(13)10-19-7/h8-10H2,1-7H3. The summed E-state index contributed by atoms with van der Waals surface area (Å²) in [4.78, 5) is 12.9. The average Bonchev–Trinajstić information content (AvgIpc) is 2.76. The minimum absolute atomic E-state index is 0.117. The lowest BCUT2D eigenvalue weighted by molar-refractivity contribution is 0.0995. The van der Waals surface area contributed by atoms with Gasteiger partial charge >= 0.3 is 7.60 Å². The van der Waals surface area contributed by atoms with Gasteiger partial charge in [-0.05, 0) is 20.8 Å². The van der Waals surface area contributed by atoms with Gasteiger partial charge in [-0.1, -0.05) is 20.8 Å². The first-order chi connectivity index (χ1) is 10.6. The Kier molecular flexibility index (Phi) is 6.78. The van der Waals surface area contributed by atoms with E-state index >= 15 is 0 Å². The van der Waals surface area contributed by atoms with Crippen molar-refractivity contribution in [3.8, 4) is 0 Å². The number of rotatable bonds is 8. The summed E-state index contributed by atoms with van der Waals surface area (Å²) in [5.41, 5.74) is -0.160. The molecule has 0 N–H and O–H groups in total. The second-order valence-corrected chi connectivity index (χ2v) is 8.08. The SMILES string of the molecule is CCOP(=O)(OCC)C(=O)c1c(C)oc(C(C)(C)C)c1COC. The second kappa shape index (κ2) is 7.75. The van der Waals surface area contributed by atoms with Crippen molar-refractivity contribution in [2.75, 3.05) is 20.3 Å². The quantitative estimate of drug-likeness (QED) is 0.648. The Balaban J connectivity index is 3.49. The molecule has 0 aliphatic rings. The van der Waals surface area contributed by atoms with E-state index in [1.807, 2.05) is 20.8 Å². The third kappa shape index (κ3) is 4.32. The number of hydrogen-bond acceptors (Lipinski definition) is 6. The number of ether oxygens (including phenoxy) is 1. The van der Waals surface area contributed by atoms with E-state index in [1.165, 1.54) is 7.11 Å². The van der Waals surface area contributed by atoms with Gasteiger partial charge in [0.1, 0.15) is 11.5 Å². The van der Waals surface area contributed by atoms with Crippen LogP contribution in [0.2, 0.25) is 0 Å². The number of carbonyl (C=O) groups is 1. The van der Waals surface area contributed by atoms with Gasteiger partial charge in [0.15, 0.2) is 0 Å². The Hall–Kier alpha value is -0.940. The predicted molar refractivity (Wildman–Crippen MR) is 88.0 cm³/mol. The molecule has 0 saturated heterocycles. The molecule has 0 fully saturated rings. The fraction of sp³-hybridized carbons (Fsp3) is 0.688. The predicted octanol–water partition coefficient (Wildman–Crippen LogP) is 4.44. The molecule has 1 rings (SSSR count). The fourth-order valence-corrected chi connectivity index (χ4v) is 3.95. The molecular formula is C16H27O6P. The maximum absolute atomic E-state index is 12.9. The summed E-state index contributed by atoms with van der Waals surface area (Å²) in [7, 11) is -2.37. The summed E-state index contributed by atoms with van der Waals surface area (Å²) in [6.07, 6.45) is 0. The zero-order valence-electron chi connectivity index (χ0n) is 15.0. The maximum Gasteiger partial charge on any atom is 0.401 e. The van der Waals surface area contributed by atoms with Crippen LogP contribution in [0.4, 0.5) is 0 Å². The highest BCUT2D eigenvalue weighted by atomic mass is 31.2. The second-order valence-electron chi connectivity index (χ2n) is 6.16. The molecule has 1 heterocycles. The van der Waals surface area contributed by atoms with E-state index in [4.69, 9.17) is 18.2 Å². The topological polar surface area (TPSA) is 75.0 Å². The number of carbonyl (C=O) groups excluding carboxylic acids is 1. The van der Waals surface area contributed by atoms with Crippen molar-refractivity contribution in [2.45, 2.75) is 53.6 Å². The third-order valence-electron chi connectivity index (χ3n) is 3.21. The zero-order chi connectivity index (χ0) is 17.8. The van der Waals surface area contributed by atoms with Crippen LogP contribution in [0.1, 0.15) is 62.1 Å². The summed E-state index contributed by atoms with van der Waals surface area (Å²) in [6, 6.07) is 0. The van der Waals surface area contributed by atoms with Crippen LogP contribution in [0.15, 0.2) is 4.42 Å². The van der Waals surface area contributed by atoms with E-state index in [-0.39, 0.29) is 30.8 Å². The zero-order valence-corrected chi connectivity index (χ0v) is 15.9. The minimum atomic E-state index is -3.90. The van der Waals surface area contributed by atoms with Gasteiger partial charge in [-0.15, -0.1) is 0 Å². The fourth-order valence-electron chi connectivity index (χ4n) is 2.39. The first-order valence-electron chi connectivity index (χ1n) is 7.68. The van der Waals surface area contributed by atoms with Crippen molar-refractivity contribution in [1.82, 2.24) is 0 Å². The number of aryl methyl sites for hydroxylation is 1. The Morgan fingerprint density at radius 3 is 2.09 bits per heavy atom. The van der Waals surface area contributed by atoms with Crippen molar-refractivity contribution in [2.24, 2.45) is 0 Å². The Bertz CT molecular complexity index is 586. The molecule has 0 aliphatic carbocycles. The molecule has 0 aliphatic heterocycles. The van der Waals surface area contributed by atoms with Gasteiger partial charge < -0.3 is 18.2 Å². The molecule has 1 aromatic heterocycles. The van der Waals surface area contributed by atoms with Crippen LogP contribution >= 0.6 is 7.60 Å². The van der Waals surface area contributed by atoms with E-state index in [0.29, 0.717) is 17.1 Å². The average molecular weight is 346 g/mol. The van der Waals surface area contributed by atoms with Crippen LogP contribution in [0.25, 0.3) is 0 Å².